The van der Waals surface area contributed by atoms with Crippen molar-refractivity contribution in [3.8, 4) is 0 Å². The van der Waals surface area contributed by atoms with E-state index in [1.165, 1.54) is 6.07 Å². The van der Waals surface area contributed by atoms with Crippen molar-refractivity contribution in [1.82, 2.24) is 4.72 Å². The molecule has 5 nitrogen and oxygen atoms in total. The zero-order valence-electron chi connectivity index (χ0n) is 10.4. The summed E-state index contributed by atoms with van der Waals surface area (Å²) in [5.41, 5.74) is 0. The number of furan rings is 1. The average molecular weight is 340 g/mol. The Morgan fingerprint density at radius 1 is 1.44 bits per heavy atom. The number of halogens is 1. The first-order valence-corrected chi connectivity index (χ1v) is 8.10. The Morgan fingerprint density at radius 3 is 2.50 bits per heavy atom. The molecule has 7 heteroatoms. The largest absolute Gasteiger partial charge is 0.450 e. The number of hydrogen-bond acceptors (Lipinski definition) is 4. The van der Waals surface area contributed by atoms with Crippen molar-refractivity contribution in [3.05, 3.63) is 16.5 Å². The molecule has 0 unspecified atom stereocenters. The lowest BCUT2D eigenvalue weighted by molar-refractivity contribution is 0.245. The van der Waals surface area contributed by atoms with Gasteiger partial charge in [-0.05, 0) is 21.8 Å². The maximum atomic E-state index is 12.0. The second-order valence-corrected chi connectivity index (χ2v) is 6.50. The third-order valence-electron chi connectivity index (χ3n) is 2.87. The molecule has 0 aliphatic rings. The van der Waals surface area contributed by atoms with Crippen molar-refractivity contribution in [2.45, 2.75) is 38.2 Å². The fourth-order valence-corrected chi connectivity index (χ4v) is 3.65. The topological polar surface area (TPSA) is 79.5 Å². The summed E-state index contributed by atoms with van der Waals surface area (Å²) in [7, 11) is -3.60. The number of aliphatic hydroxyl groups is 1. The highest BCUT2D eigenvalue weighted by molar-refractivity contribution is 9.10. The molecule has 0 fully saturated rings. The molecule has 1 aromatic rings. The van der Waals surface area contributed by atoms with Gasteiger partial charge in [0.25, 0.3) is 0 Å². The highest BCUT2D eigenvalue weighted by Gasteiger charge is 2.22. The second-order valence-electron chi connectivity index (χ2n) is 4.04. The first kappa shape index (κ1) is 15.7. The Bertz CT molecular complexity index is 479. The Balaban J connectivity index is 2.82. The zero-order valence-corrected chi connectivity index (χ0v) is 12.8. The van der Waals surface area contributed by atoms with Crippen LogP contribution in [-0.4, -0.2) is 20.1 Å². The summed E-state index contributed by atoms with van der Waals surface area (Å²) in [6.45, 7) is 4.13. The lowest BCUT2D eigenvalue weighted by Crippen LogP contribution is -2.29. The Kier molecular flexibility index (Phi) is 5.84. The summed E-state index contributed by atoms with van der Waals surface area (Å²) >= 11 is 3.04. The van der Waals surface area contributed by atoms with Crippen molar-refractivity contribution in [2.75, 3.05) is 6.54 Å². The summed E-state index contributed by atoms with van der Waals surface area (Å²) in [4.78, 5) is 0.0255. The molecule has 0 bridgehead atoms. The number of sulfonamides is 1. The number of rotatable bonds is 7. The van der Waals surface area contributed by atoms with Gasteiger partial charge in [0.05, 0.1) is 0 Å². The molecule has 0 aromatic carbocycles. The third kappa shape index (κ3) is 3.81. The van der Waals surface area contributed by atoms with Gasteiger partial charge in [0.2, 0.25) is 10.0 Å². The van der Waals surface area contributed by atoms with Crippen molar-refractivity contribution in [1.29, 1.82) is 0 Å². The van der Waals surface area contributed by atoms with E-state index in [1.54, 1.807) is 0 Å². The van der Waals surface area contributed by atoms with Gasteiger partial charge >= 0.3 is 0 Å². The van der Waals surface area contributed by atoms with Gasteiger partial charge in [-0.25, -0.2) is 13.1 Å². The van der Waals surface area contributed by atoms with Gasteiger partial charge in [-0.3, -0.25) is 0 Å². The van der Waals surface area contributed by atoms with E-state index in [4.69, 9.17) is 9.52 Å². The van der Waals surface area contributed by atoms with Crippen LogP contribution in [0.5, 0.6) is 0 Å². The molecular formula is C11H18BrNO4S. The zero-order chi connectivity index (χ0) is 13.8. The first-order chi connectivity index (χ1) is 8.44. The molecule has 1 rings (SSSR count). The summed E-state index contributed by atoms with van der Waals surface area (Å²) in [6.07, 6.45) is 1.85. The van der Waals surface area contributed by atoms with Crippen LogP contribution in [0.1, 0.15) is 32.4 Å². The van der Waals surface area contributed by atoms with E-state index in [0.717, 1.165) is 12.8 Å². The van der Waals surface area contributed by atoms with Crippen LogP contribution < -0.4 is 4.72 Å². The molecule has 0 saturated heterocycles. The summed E-state index contributed by atoms with van der Waals surface area (Å²) in [5.74, 6) is 0.535. The van der Waals surface area contributed by atoms with Crippen LogP contribution in [0.15, 0.2) is 20.0 Å². The molecule has 104 valence electrons. The van der Waals surface area contributed by atoms with Crippen LogP contribution >= 0.6 is 15.9 Å². The third-order valence-corrected chi connectivity index (χ3v) is 5.15. The minimum atomic E-state index is -3.60. The molecule has 0 radical (unpaired) electrons. The second kappa shape index (κ2) is 6.70. The molecule has 0 amide bonds. The normalized spacial score (nSPS) is 12.3. The van der Waals surface area contributed by atoms with Crippen LogP contribution in [0, 0.1) is 5.92 Å². The van der Waals surface area contributed by atoms with Gasteiger partial charge in [-0.1, -0.05) is 26.7 Å². The van der Waals surface area contributed by atoms with Gasteiger partial charge < -0.3 is 9.52 Å². The molecular weight excluding hydrogens is 322 g/mol. The van der Waals surface area contributed by atoms with E-state index in [-0.39, 0.29) is 21.9 Å². The van der Waals surface area contributed by atoms with Crippen LogP contribution in [0.25, 0.3) is 0 Å². The molecule has 1 aromatic heterocycles. The molecule has 0 saturated carbocycles. The Hall–Kier alpha value is -0.370. The van der Waals surface area contributed by atoms with Gasteiger partial charge in [0.1, 0.15) is 17.3 Å². The number of aliphatic hydroxyl groups excluding tert-OH is 1. The quantitative estimate of drug-likeness (QED) is 0.798. The van der Waals surface area contributed by atoms with Gasteiger partial charge in [0.15, 0.2) is 4.67 Å². The summed E-state index contributed by atoms with van der Waals surface area (Å²) in [6, 6.07) is 1.32. The van der Waals surface area contributed by atoms with Crippen molar-refractivity contribution < 1.29 is 17.9 Å². The predicted molar refractivity (Wildman–Crippen MR) is 71.6 cm³/mol. The van der Waals surface area contributed by atoms with E-state index < -0.39 is 10.0 Å². The van der Waals surface area contributed by atoms with Crippen LogP contribution in [0.2, 0.25) is 0 Å². The van der Waals surface area contributed by atoms with Gasteiger partial charge in [0, 0.05) is 12.6 Å². The van der Waals surface area contributed by atoms with Crippen molar-refractivity contribution in [3.63, 3.8) is 0 Å². The Labute approximate surface area is 116 Å². The molecule has 0 spiro atoms. The molecule has 18 heavy (non-hydrogen) atoms. The Morgan fingerprint density at radius 2 is 2.06 bits per heavy atom. The van der Waals surface area contributed by atoms with Crippen molar-refractivity contribution in [2.24, 2.45) is 5.92 Å². The summed E-state index contributed by atoms with van der Waals surface area (Å²) in [5, 5.41) is 8.91. The number of nitrogens with one attached hydrogen (secondary N) is 1. The van der Waals surface area contributed by atoms with E-state index in [2.05, 4.69) is 20.7 Å². The molecule has 0 atom stereocenters. The maximum absolute atomic E-state index is 12.0. The minimum Gasteiger partial charge on any atom is -0.450 e. The summed E-state index contributed by atoms with van der Waals surface area (Å²) < 4.78 is 31.8. The SMILES string of the molecule is CCC(CC)CNS(=O)(=O)c1cc(CO)oc1Br. The monoisotopic (exact) mass is 339 g/mol. The minimum absolute atomic E-state index is 0.0255. The highest BCUT2D eigenvalue weighted by Crippen LogP contribution is 2.26. The fraction of sp³-hybridized carbons (Fsp3) is 0.636. The van der Waals surface area contributed by atoms with Crippen LogP contribution in [0.4, 0.5) is 0 Å². The van der Waals surface area contributed by atoms with Crippen LogP contribution in [-0.2, 0) is 16.6 Å². The molecule has 0 aliphatic carbocycles. The van der Waals surface area contributed by atoms with E-state index in [1.807, 2.05) is 13.8 Å². The predicted octanol–water partition coefficient (Wildman–Crippen LogP) is 2.25. The van der Waals surface area contributed by atoms with E-state index in [0.29, 0.717) is 12.5 Å². The molecule has 2 N–H and O–H groups in total. The maximum Gasteiger partial charge on any atom is 0.244 e. The van der Waals surface area contributed by atoms with Crippen molar-refractivity contribution >= 4 is 26.0 Å². The van der Waals surface area contributed by atoms with Crippen LogP contribution in [0.3, 0.4) is 0 Å². The lowest BCUT2D eigenvalue weighted by Gasteiger charge is -2.12. The lowest BCUT2D eigenvalue weighted by atomic mass is 10.0. The number of hydrogen-bond donors (Lipinski definition) is 2. The molecule has 1 heterocycles. The average Bonchev–Trinajstić information content (AvgIpc) is 2.72. The highest BCUT2D eigenvalue weighted by atomic mass is 79.9. The van der Waals surface area contributed by atoms with Gasteiger partial charge in [-0.15, -0.1) is 0 Å². The van der Waals surface area contributed by atoms with E-state index in [9.17, 15) is 8.42 Å². The smallest absolute Gasteiger partial charge is 0.244 e. The van der Waals surface area contributed by atoms with E-state index >= 15 is 0 Å². The standard InChI is InChI=1S/C11H18BrNO4S/c1-3-8(4-2)6-13-18(15,16)10-5-9(7-14)17-11(10)12/h5,8,13-14H,3-4,6-7H2,1-2H3. The first-order valence-electron chi connectivity index (χ1n) is 5.83. The van der Waals surface area contributed by atoms with Gasteiger partial charge in [-0.2, -0.15) is 0 Å². The molecule has 0 aliphatic heterocycles. The fourth-order valence-electron chi connectivity index (χ4n) is 1.54.